The van der Waals surface area contributed by atoms with E-state index < -0.39 is 6.04 Å². The number of hydrogen-bond donors (Lipinski definition) is 2. The first kappa shape index (κ1) is 20.3. The standard InChI is InChI=1S/C24H26N2O3/c1-17(25-20-14-15-21(28-2)22(16-20)29-3)24(27)26-23(18-10-6-4-7-11-18)19-12-8-5-9-13-19/h4-17,23,25H,1-3H3,(H,26,27). The van der Waals surface area contributed by atoms with Crippen LogP contribution in [-0.2, 0) is 4.79 Å². The Balaban J connectivity index is 1.76. The van der Waals surface area contributed by atoms with Gasteiger partial charge >= 0.3 is 0 Å². The van der Waals surface area contributed by atoms with Gasteiger partial charge in [-0.05, 0) is 30.2 Å². The van der Waals surface area contributed by atoms with Crippen molar-refractivity contribution in [2.75, 3.05) is 19.5 Å². The molecule has 0 aromatic heterocycles. The number of nitrogens with one attached hydrogen (secondary N) is 2. The zero-order valence-electron chi connectivity index (χ0n) is 16.9. The Bertz CT molecular complexity index is 890. The number of ether oxygens (including phenoxy) is 2. The number of anilines is 1. The fraction of sp³-hybridized carbons (Fsp3) is 0.208. The van der Waals surface area contributed by atoms with Gasteiger partial charge < -0.3 is 20.1 Å². The summed E-state index contributed by atoms with van der Waals surface area (Å²) in [7, 11) is 3.18. The molecule has 29 heavy (non-hydrogen) atoms. The molecule has 0 aliphatic heterocycles. The van der Waals surface area contributed by atoms with Crippen LogP contribution in [0.3, 0.4) is 0 Å². The van der Waals surface area contributed by atoms with Crippen molar-refractivity contribution in [3.63, 3.8) is 0 Å². The number of methoxy groups -OCH3 is 2. The molecule has 0 spiro atoms. The summed E-state index contributed by atoms with van der Waals surface area (Å²) in [6.45, 7) is 1.83. The first-order chi connectivity index (χ1) is 14.1. The number of rotatable bonds is 8. The van der Waals surface area contributed by atoms with Crippen molar-refractivity contribution >= 4 is 11.6 Å². The number of hydrogen-bond acceptors (Lipinski definition) is 4. The lowest BCUT2D eigenvalue weighted by Gasteiger charge is -2.23. The van der Waals surface area contributed by atoms with Crippen molar-refractivity contribution < 1.29 is 14.3 Å². The molecule has 0 saturated carbocycles. The summed E-state index contributed by atoms with van der Waals surface area (Å²) in [4.78, 5) is 13.0. The second-order valence-electron chi connectivity index (χ2n) is 6.70. The maximum Gasteiger partial charge on any atom is 0.242 e. The van der Waals surface area contributed by atoms with E-state index in [9.17, 15) is 4.79 Å². The lowest BCUT2D eigenvalue weighted by Crippen LogP contribution is -2.40. The Morgan fingerprint density at radius 3 is 1.86 bits per heavy atom. The van der Waals surface area contributed by atoms with Crippen LogP contribution in [0.15, 0.2) is 78.9 Å². The highest BCUT2D eigenvalue weighted by atomic mass is 16.5. The van der Waals surface area contributed by atoms with E-state index in [2.05, 4.69) is 10.6 Å². The Kier molecular flexibility index (Phi) is 6.74. The van der Waals surface area contributed by atoms with Crippen LogP contribution in [0.1, 0.15) is 24.1 Å². The summed E-state index contributed by atoms with van der Waals surface area (Å²) in [5.41, 5.74) is 2.84. The van der Waals surface area contributed by atoms with E-state index in [1.165, 1.54) is 0 Å². The van der Waals surface area contributed by atoms with E-state index in [0.717, 1.165) is 16.8 Å². The molecular weight excluding hydrogens is 364 g/mol. The van der Waals surface area contributed by atoms with Gasteiger partial charge in [-0.3, -0.25) is 4.79 Å². The number of amides is 1. The summed E-state index contributed by atoms with van der Waals surface area (Å²) in [6, 6.07) is 24.7. The SMILES string of the molecule is COc1ccc(NC(C)C(=O)NC(c2ccccc2)c2ccccc2)cc1OC. The molecular formula is C24H26N2O3. The second-order valence-corrected chi connectivity index (χ2v) is 6.70. The molecule has 5 heteroatoms. The van der Waals surface area contributed by atoms with Gasteiger partial charge in [0.05, 0.1) is 20.3 Å². The van der Waals surface area contributed by atoms with E-state index in [1.807, 2.05) is 85.8 Å². The van der Waals surface area contributed by atoms with Crippen molar-refractivity contribution in [1.29, 1.82) is 0 Å². The van der Waals surface area contributed by atoms with Crippen LogP contribution in [0.25, 0.3) is 0 Å². The molecule has 0 saturated heterocycles. The van der Waals surface area contributed by atoms with E-state index in [1.54, 1.807) is 14.2 Å². The molecule has 3 aromatic carbocycles. The van der Waals surface area contributed by atoms with E-state index >= 15 is 0 Å². The van der Waals surface area contributed by atoms with Gasteiger partial charge in [0.2, 0.25) is 5.91 Å². The summed E-state index contributed by atoms with van der Waals surface area (Å²) in [5, 5.41) is 6.39. The predicted octanol–water partition coefficient (Wildman–Crippen LogP) is 4.41. The average molecular weight is 390 g/mol. The van der Waals surface area contributed by atoms with Gasteiger partial charge in [0.1, 0.15) is 6.04 Å². The highest BCUT2D eigenvalue weighted by molar-refractivity contribution is 5.85. The van der Waals surface area contributed by atoms with E-state index in [-0.39, 0.29) is 11.9 Å². The van der Waals surface area contributed by atoms with Gasteiger partial charge in [-0.15, -0.1) is 0 Å². The topological polar surface area (TPSA) is 59.6 Å². The minimum atomic E-state index is -0.442. The third kappa shape index (κ3) is 5.08. The molecule has 0 fully saturated rings. The smallest absolute Gasteiger partial charge is 0.242 e. The van der Waals surface area contributed by atoms with Gasteiger partial charge in [0, 0.05) is 11.8 Å². The molecule has 0 aliphatic rings. The van der Waals surface area contributed by atoms with Crippen LogP contribution >= 0.6 is 0 Å². The number of carbonyl (C=O) groups excluding carboxylic acids is 1. The van der Waals surface area contributed by atoms with Gasteiger partial charge in [-0.1, -0.05) is 60.7 Å². The van der Waals surface area contributed by atoms with Crippen molar-refractivity contribution in [3.05, 3.63) is 90.0 Å². The molecule has 150 valence electrons. The van der Waals surface area contributed by atoms with Gasteiger partial charge in [-0.25, -0.2) is 0 Å². The highest BCUT2D eigenvalue weighted by Crippen LogP contribution is 2.30. The van der Waals surface area contributed by atoms with Crippen molar-refractivity contribution in [2.24, 2.45) is 0 Å². The van der Waals surface area contributed by atoms with Gasteiger partial charge in [0.15, 0.2) is 11.5 Å². The zero-order chi connectivity index (χ0) is 20.6. The fourth-order valence-electron chi connectivity index (χ4n) is 3.16. The van der Waals surface area contributed by atoms with Crippen molar-refractivity contribution in [1.82, 2.24) is 5.32 Å². The molecule has 3 aromatic rings. The molecule has 0 aliphatic carbocycles. The minimum Gasteiger partial charge on any atom is -0.493 e. The second kappa shape index (κ2) is 9.64. The fourth-order valence-corrected chi connectivity index (χ4v) is 3.16. The molecule has 0 heterocycles. The van der Waals surface area contributed by atoms with Crippen LogP contribution in [-0.4, -0.2) is 26.2 Å². The monoisotopic (exact) mass is 390 g/mol. The minimum absolute atomic E-state index is 0.0995. The Morgan fingerprint density at radius 2 is 1.34 bits per heavy atom. The quantitative estimate of drug-likeness (QED) is 0.598. The number of carbonyl (C=O) groups is 1. The molecule has 0 radical (unpaired) electrons. The highest BCUT2D eigenvalue weighted by Gasteiger charge is 2.20. The molecule has 3 rings (SSSR count). The first-order valence-corrected chi connectivity index (χ1v) is 9.51. The van der Waals surface area contributed by atoms with Crippen LogP contribution in [0, 0.1) is 0 Å². The normalized spacial score (nSPS) is 11.6. The third-order valence-electron chi connectivity index (χ3n) is 4.71. The Labute approximate surface area is 171 Å². The van der Waals surface area contributed by atoms with Crippen molar-refractivity contribution in [3.8, 4) is 11.5 Å². The van der Waals surface area contributed by atoms with Gasteiger partial charge in [0.25, 0.3) is 0 Å². The average Bonchev–Trinajstić information content (AvgIpc) is 2.78. The summed E-state index contributed by atoms with van der Waals surface area (Å²) < 4.78 is 10.6. The maximum atomic E-state index is 13.0. The third-order valence-corrected chi connectivity index (χ3v) is 4.71. The zero-order valence-corrected chi connectivity index (χ0v) is 16.9. The van der Waals surface area contributed by atoms with Crippen LogP contribution in [0.2, 0.25) is 0 Å². The van der Waals surface area contributed by atoms with E-state index in [4.69, 9.17) is 9.47 Å². The summed E-state index contributed by atoms with van der Waals surface area (Å²) in [5.74, 6) is 1.15. The Hall–Kier alpha value is -3.47. The Morgan fingerprint density at radius 1 is 0.793 bits per heavy atom. The molecule has 0 bridgehead atoms. The molecule has 1 atom stereocenters. The lowest BCUT2D eigenvalue weighted by molar-refractivity contribution is -0.122. The lowest BCUT2D eigenvalue weighted by atomic mass is 9.98. The van der Waals surface area contributed by atoms with Crippen molar-refractivity contribution in [2.45, 2.75) is 19.0 Å². The predicted molar refractivity (Wildman–Crippen MR) is 116 cm³/mol. The molecule has 2 N–H and O–H groups in total. The van der Waals surface area contributed by atoms with E-state index in [0.29, 0.717) is 11.5 Å². The van der Waals surface area contributed by atoms with Gasteiger partial charge in [-0.2, -0.15) is 0 Å². The summed E-state index contributed by atoms with van der Waals surface area (Å²) >= 11 is 0. The summed E-state index contributed by atoms with van der Waals surface area (Å²) in [6.07, 6.45) is 0. The molecule has 5 nitrogen and oxygen atoms in total. The number of benzene rings is 3. The van der Waals surface area contributed by atoms with Crippen LogP contribution in [0.4, 0.5) is 5.69 Å². The molecule has 1 unspecified atom stereocenters. The first-order valence-electron chi connectivity index (χ1n) is 9.51. The largest absolute Gasteiger partial charge is 0.493 e. The van der Waals surface area contributed by atoms with Crippen LogP contribution in [0.5, 0.6) is 11.5 Å². The maximum absolute atomic E-state index is 13.0. The van der Waals surface area contributed by atoms with Crippen LogP contribution < -0.4 is 20.1 Å². The molecule has 1 amide bonds.